The minimum atomic E-state index is -3.08. The number of hydrogen-bond donors (Lipinski definition) is 0. The number of anilines is 3. The quantitative estimate of drug-likeness (QED) is 0.161. The van der Waals surface area contributed by atoms with Crippen LogP contribution in [0.1, 0.15) is 0 Å². The highest BCUT2D eigenvalue weighted by molar-refractivity contribution is 7.26. The maximum absolute atomic E-state index is 6.76. The Labute approximate surface area is 388 Å². The van der Waals surface area contributed by atoms with Crippen LogP contribution in [0.2, 0.25) is 0 Å². The van der Waals surface area contributed by atoms with Crippen molar-refractivity contribution < 1.29 is 9.47 Å². The molecule has 0 aliphatic carbocycles. The lowest BCUT2D eigenvalue weighted by Gasteiger charge is -2.45. The van der Waals surface area contributed by atoms with Gasteiger partial charge in [0.25, 0.3) is 6.71 Å². The van der Waals surface area contributed by atoms with Crippen molar-refractivity contribution in [2.75, 3.05) is 4.90 Å². The van der Waals surface area contributed by atoms with Gasteiger partial charge in [-0.3, -0.25) is 0 Å². The van der Waals surface area contributed by atoms with Crippen LogP contribution in [0, 0.1) is 0 Å². The van der Waals surface area contributed by atoms with Crippen molar-refractivity contribution >= 4 is 100 Å². The largest absolute Gasteiger partial charge is 0.458 e. The highest BCUT2D eigenvalue weighted by Gasteiger charge is 2.50. The molecule has 10 aromatic carbocycles. The van der Waals surface area contributed by atoms with E-state index >= 15 is 0 Å². The summed E-state index contributed by atoms with van der Waals surface area (Å²) in [6.07, 6.45) is 0. The molecule has 4 heterocycles. The van der Waals surface area contributed by atoms with Gasteiger partial charge in [-0.1, -0.05) is 170 Å². The van der Waals surface area contributed by atoms with Gasteiger partial charge in [0.05, 0.1) is 0 Å². The fourth-order valence-electron chi connectivity index (χ4n) is 11.2. The molecule has 3 aliphatic rings. The second kappa shape index (κ2) is 14.6. The van der Waals surface area contributed by atoms with Gasteiger partial charge >= 0.3 is 0 Å². The van der Waals surface area contributed by atoms with E-state index in [9.17, 15) is 0 Å². The maximum Gasteiger partial charge on any atom is 0.260 e. The van der Waals surface area contributed by atoms with Crippen LogP contribution < -0.4 is 51.5 Å². The van der Waals surface area contributed by atoms with E-state index in [4.69, 9.17) is 9.47 Å². The Bertz CT molecular complexity index is 3690. The van der Waals surface area contributed by atoms with Gasteiger partial charge in [-0.15, -0.1) is 11.3 Å². The summed E-state index contributed by atoms with van der Waals surface area (Å²) in [5.41, 5.74) is 11.6. The summed E-state index contributed by atoms with van der Waals surface area (Å²) in [4.78, 5) is 2.53. The van der Waals surface area contributed by atoms with Crippen LogP contribution in [0.3, 0.4) is 0 Å². The van der Waals surface area contributed by atoms with Crippen molar-refractivity contribution in [3.63, 3.8) is 0 Å². The molecule has 3 aliphatic heterocycles. The normalized spacial score (nSPS) is 13.8. The average Bonchev–Trinajstić information content (AvgIpc) is 3.76. The summed E-state index contributed by atoms with van der Waals surface area (Å²) in [5.74, 6) is 3.44. The van der Waals surface area contributed by atoms with Gasteiger partial charge in [0.2, 0.25) is 0 Å². The lowest BCUT2D eigenvalue weighted by molar-refractivity contribution is 0.464. The van der Waals surface area contributed by atoms with E-state index in [1.807, 2.05) is 17.4 Å². The minimum Gasteiger partial charge on any atom is -0.458 e. The molecule has 6 heteroatoms. The Hall–Kier alpha value is -7.90. The van der Waals surface area contributed by atoms with Crippen molar-refractivity contribution in [2.45, 2.75) is 0 Å². The summed E-state index contributed by atoms with van der Waals surface area (Å²) in [6.45, 7) is -0.0534. The summed E-state index contributed by atoms with van der Waals surface area (Å²) >= 11 is 1.87. The highest BCUT2D eigenvalue weighted by atomic mass is 32.1. The van der Waals surface area contributed by atoms with E-state index in [-0.39, 0.29) is 6.71 Å². The van der Waals surface area contributed by atoms with E-state index < -0.39 is 8.07 Å². The van der Waals surface area contributed by atoms with Gasteiger partial charge in [0, 0.05) is 42.7 Å². The first kappa shape index (κ1) is 37.5. The Balaban J connectivity index is 1.06. The predicted molar refractivity (Wildman–Crippen MR) is 280 cm³/mol. The number of nitrogens with zero attached hydrogens (tertiary/aromatic N) is 1. The van der Waals surface area contributed by atoms with Gasteiger partial charge in [0.1, 0.15) is 23.0 Å². The first-order valence-corrected chi connectivity index (χ1v) is 25.4. The van der Waals surface area contributed by atoms with E-state index in [0.717, 1.165) is 45.1 Å². The third-order valence-corrected chi connectivity index (χ3v) is 20.0. The number of para-hydroxylation sites is 1. The number of ether oxygens (including phenoxy) is 2. The molecular formula is C60H38BNO2SSi. The number of thiophene rings is 1. The number of hydrogen-bond acceptors (Lipinski definition) is 4. The molecule has 0 atom stereocenters. The molecule has 11 aromatic rings. The standard InChI is InChI=1S/C60H38BNO2SSi/c1-4-15-39(16-5-1)41-28-32-50-58(36-41)66(44-17-6-2-7-18-44,45-19-8-3-9-20-45)59-37-42(40-27-31-47-46-21-10-13-26-56(46)65-57(47)35-40)29-33-51(59)62(50)43-30-34-53-49(38-43)61-48-22-11-12-23-52(48)63-54-24-14-25-55(64-53)60(54)61/h1-38H. The third-order valence-electron chi connectivity index (χ3n) is 14.1. The van der Waals surface area contributed by atoms with Crippen molar-refractivity contribution in [3.05, 3.63) is 231 Å². The number of benzene rings is 10. The van der Waals surface area contributed by atoms with E-state index in [1.54, 1.807) is 0 Å². The molecule has 66 heavy (non-hydrogen) atoms. The first-order chi connectivity index (χ1) is 32.7. The number of rotatable bonds is 5. The molecule has 0 amide bonds. The van der Waals surface area contributed by atoms with Gasteiger partial charge in [-0.2, -0.15) is 0 Å². The SMILES string of the molecule is c1ccc(-c2ccc3c(c2)[Si](c2ccccc2)(c2ccccc2)c2cc(-c4ccc5c(c4)sc4ccccc45)ccc2N3c2ccc3c(c2)B2c4ccccc4Oc4cccc(c42)O3)cc1. The Morgan fingerprint density at radius 2 is 0.924 bits per heavy atom. The number of fused-ring (bicyclic) bond motifs is 9. The summed E-state index contributed by atoms with van der Waals surface area (Å²) in [7, 11) is -3.08. The third kappa shape index (κ3) is 5.49. The zero-order chi connectivity index (χ0) is 43.3. The first-order valence-electron chi connectivity index (χ1n) is 22.6. The molecule has 0 saturated carbocycles. The summed E-state index contributed by atoms with van der Waals surface area (Å²) in [5, 5.41) is 8.02. The lowest BCUT2D eigenvalue weighted by atomic mass is 9.35. The predicted octanol–water partition coefficient (Wildman–Crippen LogP) is 11.3. The average molecular weight is 876 g/mol. The van der Waals surface area contributed by atoms with Crippen LogP contribution >= 0.6 is 11.3 Å². The van der Waals surface area contributed by atoms with Gasteiger partial charge < -0.3 is 14.4 Å². The Morgan fingerprint density at radius 1 is 0.379 bits per heavy atom. The monoisotopic (exact) mass is 875 g/mol. The second-order valence-corrected chi connectivity index (χ2v) is 22.3. The zero-order valence-electron chi connectivity index (χ0n) is 35.7. The fourth-order valence-corrected chi connectivity index (χ4v) is 17.5. The maximum atomic E-state index is 6.76. The molecule has 0 fully saturated rings. The molecule has 14 rings (SSSR count). The summed E-state index contributed by atoms with van der Waals surface area (Å²) in [6, 6.07) is 85.3. The van der Waals surface area contributed by atoms with Crippen LogP contribution in [0.15, 0.2) is 231 Å². The van der Waals surface area contributed by atoms with E-state index in [1.165, 1.54) is 74.5 Å². The lowest BCUT2D eigenvalue weighted by Crippen LogP contribution is -2.77. The topological polar surface area (TPSA) is 21.7 Å². The molecule has 308 valence electrons. The highest BCUT2D eigenvalue weighted by Crippen LogP contribution is 2.43. The molecule has 3 nitrogen and oxygen atoms in total. The van der Waals surface area contributed by atoms with Crippen LogP contribution in [-0.4, -0.2) is 14.8 Å². The Kier molecular flexibility index (Phi) is 8.27. The minimum absolute atomic E-state index is 0.0534. The molecular weight excluding hydrogens is 838 g/mol. The van der Waals surface area contributed by atoms with Gasteiger partial charge in [-0.25, -0.2) is 0 Å². The second-order valence-electron chi connectivity index (χ2n) is 17.5. The van der Waals surface area contributed by atoms with E-state index in [0.29, 0.717) is 0 Å². The van der Waals surface area contributed by atoms with Crippen LogP contribution in [-0.2, 0) is 0 Å². The van der Waals surface area contributed by atoms with Crippen LogP contribution in [0.5, 0.6) is 23.0 Å². The Morgan fingerprint density at radius 3 is 1.64 bits per heavy atom. The molecule has 0 saturated heterocycles. The van der Waals surface area contributed by atoms with Crippen molar-refractivity contribution in [1.29, 1.82) is 0 Å². The zero-order valence-corrected chi connectivity index (χ0v) is 37.5. The molecule has 0 bridgehead atoms. The molecule has 1 aromatic heterocycles. The van der Waals surface area contributed by atoms with Gasteiger partial charge in [-0.05, 0) is 115 Å². The molecule has 0 radical (unpaired) electrons. The van der Waals surface area contributed by atoms with Crippen molar-refractivity contribution in [1.82, 2.24) is 0 Å². The molecule has 0 unspecified atom stereocenters. The molecule has 0 spiro atoms. The van der Waals surface area contributed by atoms with Crippen LogP contribution in [0.25, 0.3) is 42.4 Å². The fraction of sp³-hybridized carbons (Fsp3) is 0. The van der Waals surface area contributed by atoms with Crippen LogP contribution in [0.4, 0.5) is 17.1 Å². The van der Waals surface area contributed by atoms with Crippen molar-refractivity contribution in [2.24, 2.45) is 0 Å². The smallest absolute Gasteiger partial charge is 0.260 e. The van der Waals surface area contributed by atoms with E-state index in [2.05, 4.69) is 229 Å². The summed E-state index contributed by atoms with van der Waals surface area (Å²) < 4.78 is 15.9. The van der Waals surface area contributed by atoms with Gasteiger partial charge in [0.15, 0.2) is 8.07 Å². The molecule has 0 N–H and O–H groups in total. The van der Waals surface area contributed by atoms with Crippen molar-refractivity contribution in [3.8, 4) is 45.3 Å².